The molecule has 1 aliphatic heterocycles. The van der Waals surface area contributed by atoms with Crippen molar-refractivity contribution in [2.75, 3.05) is 13.7 Å². The average molecular weight is 304 g/mol. The van der Waals surface area contributed by atoms with E-state index in [0.717, 1.165) is 19.4 Å². The van der Waals surface area contributed by atoms with Crippen LogP contribution in [0.4, 0.5) is 0 Å². The van der Waals surface area contributed by atoms with Gasteiger partial charge in [0.15, 0.2) is 0 Å². The smallest absolute Gasteiger partial charge is 0.0620 e. The van der Waals surface area contributed by atoms with Gasteiger partial charge in [0, 0.05) is 27.9 Å². The lowest BCUT2D eigenvalue weighted by atomic mass is 9.90. The highest BCUT2D eigenvalue weighted by molar-refractivity contribution is 9.10. The summed E-state index contributed by atoms with van der Waals surface area (Å²) in [6.45, 7) is 3.11. The molecule has 3 unspecified atom stereocenters. The number of thiophene rings is 1. The molecule has 1 N–H and O–H groups in total. The van der Waals surface area contributed by atoms with Crippen LogP contribution in [0.3, 0.4) is 0 Å². The normalized spacial score (nSPS) is 27.2. The lowest BCUT2D eigenvalue weighted by Gasteiger charge is -2.26. The summed E-state index contributed by atoms with van der Waals surface area (Å²) >= 11 is 5.44. The molecule has 90 valence electrons. The van der Waals surface area contributed by atoms with Crippen LogP contribution in [0.2, 0.25) is 0 Å². The minimum atomic E-state index is 0.409. The topological polar surface area (TPSA) is 21.3 Å². The van der Waals surface area contributed by atoms with Gasteiger partial charge < -0.3 is 10.1 Å². The molecule has 1 saturated heterocycles. The highest BCUT2D eigenvalue weighted by Crippen LogP contribution is 2.39. The van der Waals surface area contributed by atoms with Gasteiger partial charge in [-0.15, -0.1) is 11.3 Å². The Morgan fingerprint density at radius 2 is 2.50 bits per heavy atom. The van der Waals surface area contributed by atoms with Crippen LogP contribution in [0.5, 0.6) is 0 Å². The van der Waals surface area contributed by atoms with E-state index in [4.69, 9.17) is 4.74 Å². The fourth-order valence-corrected chi connectivity index (χ4v) is 4.34. The second-order valence-electron chi connectivity index (χ2n) is 4.17. The van der Waals surface area contributed by atoms with Gasteiger partial charge in [-0.3, -0.25) is 0 Å². The molecular formula is C12H18BrNOS. The molecule has 0 spiro atoms. The zero-order valence-electron chi connectivity index (χ0n) is 9.70. The van der Waals surface area contributed by atoms with Gasteiger partial charge in [0.05, 0.1) is 6.10 Å². The summed E-state index contributed by atoms with van der Waals surface area (Å²) in [5.41, 5.74) is 0. The van der Waals surface area contributed by atoms with Crippen molar-refractivity contribution in [3.8, 4) is 0 Å². The van der Waals surface area contributed by atoms with Crippen molar-refractivity contribution < 1.29 is 4.74 Å². The van der Waals surface area contributed by atoms with Crippen LogP contribution >= 0.6 is 27.3 Å². The molecule has 0 saturated carbocycles. The monoisotopic (exact) mass is 303 g/mol. The van der Waals surface area contributed by atoms with Gasteiger partial charge in [0.2, 0.25) is 0 Å². The predicted molar refractivity (Wildman–Crippen MR) is 72.0 cm³/mol. The Hall–Kier alpha value is 0.100. The number of nitrogens with one attached hydrogen (secondary N) is 1. The standard InChI is InChI=1S/C12H18BrNOS/c1-3-10-8(4-6-15-10)11(14-2)12-9(13)5-7-16-12/h5,7-8,10-11,14H,3-4,6H2,1-2H3. The molecule has 1 aromatic rings. The molecule has 2 rings (SSSR count). The molecule has 2 nitrogen and oxygen atoms in total. The first kappa shape index (κ1) is 12.6. The molecule has 0 aromatic carbocycles. The Labute approximate surface area is 110 Å². The van der Waals surface area contributed by atoms with Crippen molar-refractivity contribution in [1.29, 1.82) is 0 Å². The molecule has 1 aliphatic rings. The van der Waals surface area contributed by atoms with Gasteiger partial charge in [-0.2, -0.15) is 0 Å². The van der Waals surface area contributed by atoms with Crippen LogP contribution in [-0.2, 0) is 4.74 Å². The van der Waals surface area contributed by atoms with Gasteiger partial charge in [-0.05, 0) is 47.3 Å². The van der Waals surface area contributed by atoms with E-state index >= 15 is 0 Å². The minimum Gasteiger partial charge on any atom is -0.378 e. The van der Waals surface area contributed by atoms with Crippen molar-refractivity contribution in [3.05, 3.63) is 20.8 Å². The third-order valence-electron chi connectivity index (χ3n) is 3.33. The van der Waals surface area contributed by atoms with Crippen molar-refractivity contribution in [2.24, 2.45) is 5.92 Å². The van der Waals surface area contributed by atoms with Crippen molar-refractivity contribution in [2.45, 2.75) is 31.9 Å². The first-order valence-corrected chi connectivity index (χ1v) is 7.47. The maximum atomic E-state index is 5.78. The van der Waals surface area contributed by atoms with E-state index in [1.165, 1.54) is 9.35 Å². The van der Waals surface area contributed by atoms with Gasteiger partial charge in [-0.25, -0.2) is 0 Å². The Balaban J connectivity index is 2.19. The van der Waals surface area contributed by atoms with E-state index in [0.29, 0.717) is 18.1 Å². The molecule has 16 heavy (non-hydrogen) atoms. The van der Waals surface area contributed by atoms with Gasteiger partial charge in [-0.1, -0.05) is 6.92 Å². The zero-order valence-corrected chi connectivity index (χ0v) is 12.1. The SMILES string of the molecule is CCC1OCCC1C(NC)c1sccc1Br. The van der Waals surface area contributed by atoms with Gasteiger partial charge in [0.1, 0.15) is 0 Å². The first-order valence-electron chi connectivity index (χ1n) is 5.79. The molecule has 1 fully saturated rings. The minimum absolute atomic E-state index is 0.409. The van der Waals surface area contributed by atoms with E-state index in [2.05, 4.69) is 39.6 Å². The summed E-state index contributed by atoms with van der Waals surface area (Å²) in [4.78, 5) is 1.40. The Bertz CT molecular complexity index is 342. The second kappa shape index (κ2) is 5.63. The molecule has 4 heteroatoms. The highest BCUT2D eigenvalue weighted by Gasteiger charge is 2.34. The van der Waals surface area contributed by atoms with Crippen LogP contribution in [0.25, 0.3) is 0 Å². The van der Waals surface area contributed by atoms with E-state index in [1.54, 1.807) is 0 Å². The maximum Gasteiger partial charge on any atom is 0.0620 e. The predicted octanol–water partition coefficient (Wildman–Crippen LogP) is 3.59. The summed E-state index contributed by atoms with van der Waals surface area (Å²) in [5.74, 6) is 0.602. The Morgan fingerprint density at radius 1 is 1.69 bits per heavy atom. The lowest BCUT2D eigenvalue weighted by Crippen LogP contribution is -2.30. The summed E-state index contributed by atoms with van der Waals surface area (Å²) in [6.07, 6.45) is 2.67. The van der Waals surface area contributed by atoms with Crippen molar-refractivity contribution in [3.63, 3.8) is 0 Å². The second-order valence-corrected chi connectivity index (χ2v) is 5.97. The van der Waals surface area contributed by atoms with Crippen LogP contribution in [0, 0.1) is 5.92 Å². The average Bonchev–Trinajstić information content (AvgIpc) is 2.90. The van der Waals surface area contributed by atoms with Crippen LogP contribution < -0.4 is 5.32 Å². The summed E-state index contributed by atoms with van der Waals surface area (Å²) in [7, 11) is 2.04. The third kappa shape index (κ3) is 2.35. The lowest BCUT2D eigenvalue weighted by molar-refractivity contribution is 0.0785. The maximum absolute atomic E-state index is 5.78. The van der Waals surface area contributed by atoms with E-state index in [9.17, 15) is 0 Å². The van der Waals surface area contributed by atoms with Crippen LogP contribution in [-0.4, -0.2) is 19.8 Å². The Morgan fingerprint density at radius 3 is 3.06 bits per heavy atom. The van der Waals surface area contributed by atoms with Crippen molar-refractivity contribution >= 4 is 27.3 Å². The number of hydrogen-bond donors (Lipinski definition) is 1. The molecule has 0 bridgehead atoms. The quantitative estimate of drug-likeness (QED) is 0.918. The van der Waals surface area contributed by atoms with Crippen LogP contribution in [0.1, 0.15) is 30.7 Å². The Kier molecular flexibility index (Phi) is 4.41. The molecule has 2 heterocycles. The fraction of sp³-hybridized carbons (Fsp3) is 0.667. The fourth-order valence-electron chi connectivity index (χ4n) is 2.53. The van der Waals surface area contributed by atoms with Crippen molar-refractivity contribution in [1.82, 2.24) is 5.32 Å². The summed E-state index contributed by atoms with van der Waals surface area (Å²) in [5, 5.41) is 5.59. The van der Waals surface area contributed by atoms with Gasteiger partial charge >= 0.3 is 0 Å². The summed E-state index contributed by atoms with van der Waals surface area (Å²) < 4.78 is 7.01. The number of hydrogen-bond acceptors (Lipinski definition) is 3. The molecule has 3 atom stereocenters. The van der Waals surface area contributed by atoms with E-state index in [1.807, 2.05) is 18.4 Å². The molecular weight excluding hydrogens is 286 g/mol. The van der Waals surface area contributed by atoms with Crippen LogP contribution in [0.15, 0.2) is 15.9 Å². The zero-order chi connectivity index (χ0) is 11.5. The number of ether oxygens (including phenoxy) is 1. The highest BCUT2D eigenvalue weighted by atomic mass is 79.9. The van der Waals surface area contributed by atoms with Gasteiger partial charge in [0.25, 0.3) is 0 Å². The first-order chi connectivity index (χ1) is 7.77. The molecule has 0 radical (unpaired) electrons. The van der Waals surface area contributed by atoms with E-state index in [-0.39, 0.29) is 0 Å². The number of halogens is 1. The summed E-state index contributed by atoms with van der Waals surface area (Å²) in [6, 6.07) is 2.54. The molecule has 1 aromatic heterocycles. The molecule has 0 amide bonds. The van der Waals surface area contributed by atoms with E-state index < -0.39 is 0 Å². The largest absolute Gasteiger partial charge is 0.378 e. The molecule has 0 aliphatic carbocycles. The third-order valence-corrected chi connectivity index (χ3v) is 5.28. The number of rotatable bonds is 4.